The second kappa shape index (κ2) is 5.26. The van der Waals surface area contributed by atoms with Gasteiger partial charge in [0.1, 0.15) is 5.75 Å². The molecule has 2 unspecified atom stereocenters. The molecular formula is C13H18O4S. The predicted octanol–water partition coefficient (Wildman–Crippen LogP) is 2.46. The van der Waals surface area contributed by atoms with Crippen molar-refractivity contribution in [1.82, 2.24) is 0 Å². The van der Waals surface area contributed by atoms with Gasteiger partial charge in [0.25, 0.3) is 0 Å². The van der Waals surface area contributed by atoms with E-state index in [1.807, 2.05) is 0 Å². The van der Waals surface area contributed by atoms with E-state index in [0.29, 0.717) is 18.8 Å². The number of carbonyl (C=O) groups excluding carboxylic acids is 1. The van der Waals surface area contributed by atoms with Crippen LogP contribution >= 0.6 is 0 Å². The van der Waals surface area contributed by atoms with E-state index in [9.17, 15) is 13.2 Å². The average molecular weight is 270 g/mol. The monoisotopic (exact) mass is 270 g/mol. The van der Waals surface area contributed by atoms with Crippen LogP contribution in [0.25, 0.3) is 0 Å². The Morgan fingerprint density at radius 1 is 1.44 bits per heavy atom. The van der Waals surface area contributed by atoms with E-state index in [4.69, 9.17) is 4.42 Å². The molecule has 18 heavy (non-hydrogen) atoms. The lowest BCUT2D eigenvalue weighted by Gasteiger charge is -2.26. The first-order valence-corrected chi connectivity index (χ1v) is 7.99. The zero-order valence-electron chi connectivity index (χ0n) is 10.5. The second-order valence-electron chi connectivity index (χ2n) is 5.10. The Bertz CT molecular complexity index is 501. The first-order chi connectivity index (χ1) is 8.49. The standard InChI is InChI=1S/C13H18O4S/c1-10-4-2-5-11(8-10)18(15,16)9-12(14)13-6-3-7-17-13/h3,6-7,10-11H,2,4-5,8-9H2,1H3. The predicted molar refractivity (Wildman–Crippen MR) is 68.2 cm³/mol. The molecule has 2 atom stereocenters. The van der Waals surface area contributed by atoms with Gasteiger partial charge in [-0.3, -0.25) is 4.79 Å². The van der Waals surface area contributed by atoms with Gasteiger partial charge in [-0.1, -0.05) is 19.8 Å². The van der Waals surface area contributed by atoms with E-state index in [1.165, 1.54) is 12.3 Å². The fourth-order valence-corrected chi connectivity index (χ4v) is 4.40. The maximum absolute atomic E-state index is 12.2. The lowest BCUT2D eigenvalue weighted by atomic mass is 9.91. The van der Waals surface area contributed by atoms with Gasteiger partial charge in [-0.2, -0.15) is 0 Å². The molecule has 0 amide bonds. The first-order valence-electron chi connectivity index (χ1n) is 6.27. The molecule has 1 fully saturated rings. The summed E-state index contributed by atoms with van der Waals surface area (Å²) in [7, 11) is -3.35. The molecule has 1 aliphatic carbocycles. The van der Waals surface area contributed by atoms with Crippen molar-refractivity contribution in [2.75, 3.05) is 5.75 Å². The van der Waals surface area contributed by atoms with Crippen molar-refractivity contribution in [3.05, 3.63) is 24.2 Å². The Hall–Kier alpha value is -1.10. The Labute approximate surface area is 107 Å². The van der Waals surface area contributed by atoms with E-state index >= 15 is 0 Å². The summed E-state index contributed by atoms with van der Waals surface area (Å²) >= 11 is 0. The van der Waals surface area contributed by atoms with Gasteiger partial charge in [0, 0.05) is 0 Å². The van der Waals surface area contributed by atoms with Gasteiger partial charge in [0.05, 0.1) is 11.5 Å². The van der Waals surface area contributed by atoms with E-state index in [1.54, 1.807) is 6.07 Å². The van der Waals surface area contributed by atoms with Crippen LogP contribution in [0.1, 0.15) is 43.2 Å². The fourth-order valence-electron chi connectivity index (χ4n) is 2.51. The van der Waals surface area contributed by atoms with Gasteiger partial charge in [-0.05, 0) is 30.9 Å². The Morgan fingerprint density at radius 2 is 2.22 bits per heavy atom. The minimum atomic E-state index is -3.35. The quantitative estimate of drug-likeness (QED) is 0.788. The lowest BCUT2D eigenvalue weighted by molar-refractivity contribution is 0.0990. The van der Waals surface area contributed by atoms with Crippen LogP contribution in [-0.4, -0.2) is 25.2 Å². The largest absolute Gasteiger partial charge is 0.461 e. The molecule has 1 saturated carbocycles. The molecule has 0 aliphatic heterocycles. The van der Waals surface area contributed by atoms with Crippen LogP contribution in [0, 0.1) is 5.92 Å². The molecule has 0 spiro atoms. The zero-order valence-corrected chi connectivity index (χ0v) is 11.3. The van der Waals surface area contributed by atoms with Crippen LogP contribution in [0.4, 0.5) is 0 Å². The van der Waals surface area contributed by atoms with Crippen molar-refractivity contribution in [2.45, 2.75) is 37.9 Å². The molecule has 0 bridgehead atoms. The molecule has 100 valence electrons. The summed E-state index contributed by atoms with van der Waals surface area (Å²) in [5, 5.41) is -0.361. The van der Waals surface area contributed by atoms with Crippen molar-refractivity contribution in [2.24, 2.45) is 5.92 Å². The van der Waals surface area contributed by atoms with Crippen LogP contribution in [0.2, 0.25) is 0 Å². The SMILES string of the molecule is CC1CCCC(S(=O)(=O)CC(=O)c2ccco2)C1. The number of hydrogen-bond donors (Lipinski definition) is 0. The topological polar surface area (TPSA) is 64.3 Å². The highest BCUT2D eigenvalue weighted by Crippen LogP contribution is 2.29. The highest BCUT2D eigenvalue weighted by atomic mass is 32.2. The number of rotatable bonds is 4. The molecule has 1 aromatic heterocycles. The minimum Gasteiger partial charge on any atom is -0.461 e. The molecule has 4 nitrogen and oxygen atoms in total. The molecule has 2 rings (SSSR count). The van der Waals surface area contributed by atoms with Gasteiger partial charge in [0.15, 0.2) is 15.6 Å². The van der Waals surface area contributed by atoms with Crippen molar-refractivity contribution >= 4 is 15.6 Å². The normalized spacial score (nSPS) is 24.9. The summed E-state index contributed by atoms with van der Waals surface area (Å²) in [4.78, 5) is 11.8. The lowest BCUT2D eigenvalue weighted by Crippen LogP contribution is -2.31. The summed E-state index contributed by atoms with van der Waals surface area (Å²) in [6.07, 6.45) is 4.74. The first kappa shape index (κ1) is 13.3. The number of ketones is 1. The van der Waals surface area contributed by atoms with Gasteiger partial charge in [-0.25, -0.2) is 8.42 Å². The van der Waals surface area contributed by atoms with Gasteiger partial charge in [-0.15, -0.1) is 0 Å². The van der Waals surface area contributed by atoms with Crippen LogP contribution in [0.3, 0.4) is 0 Å². The van der Waals surface area contributed by atoms with E-state index < -0.39 is 21.4 Å². The van der Waals surface area contributed by atoms with Gasteiger partial charge in [0.2, 0.25) is 5.78 Å². The number of carbonyl (C=O) groups is 1. The maximum atomic E-state index is 12.2. The van der Waals surface area contributed by atoms with Crippen molar-refractivity contribution in [3.8, 4) is 0 Å². The van der Waals surface area contributed by atoms with Crippen LogP contribution in [0.5, 0.6) is 0 Å². The fraction of sp³-hybridized carbons (Fsp3) is 0.615. The molecule has 0 saturated heterocycles. The summed E-state index contributed by atoms with van der Waals surface area (Å²) in [6.45, 7) is 2.07. The summed E-state index contributed by atoms with van der Waals surface area (Å²) in [6, 6.07) is 3.09. The summed E-state index contributed by atoms with van der Waals surface area (Å²) in [5.41, 5.74) is 0. The molecule has 0 radical (unpaired) electrons. The van der Waals surface area contributed by atoms with Crippen LogP contribution in [0.15, 0.2) is 22.8 Å². The Kier molecular flexibility index (Phi) is 3.90. The summed E-state index contributed by atoms with van der Waals surface area (Å²) in [5.74, 6) is -0.323. The molecule has 1 aromatic rings. The number of hydrogen-bond acceptors (Lipinski definition) is 4. The van der Waals surface area contributed by atoms with E-state index in [-0.39, 0.29) is 11.0 Å². The maximum Gasteiger partial charge on any atom is 0.212 e. The van der Waals surface area contributed by atoms with Crippen molar-refractivity contribution in [1.29, 1.82) is 0 Å². The number of Topliss-reactive ketones (excluding diaryl/α,β-unsaturated/α-hetero) is 1. The van der Waals surface area contributed by atoms with Gasteiger partial charge >= 0.3 is 0 Å². The molecule has 0 aromatic carbocycles. The van der Waals surface area contributed by atoms with E-state index in [0.717, 1.165) is 12.8 Å². The molecule has 5 heteroatoms. The van der Waals surface area contributed by atoms with Crippen molar-refractivity contribution in [3.63, 3.8) is 0 Å². The Balaban J connectivity index is 2.05. The van der Waals surface area contributed by atoms with Crippen molar-refractivity contribution < 1.29 is 17.6 Å². The van der Waals surface area contributed by atoms with Crippen LogP contribution in [-0.2, 0) is 9.84 Å². The molecule has 1 heterocycles. The number of furan rings is 1. The highest BCUT2D eigenvalue weighted by Gasteiger charge is 2.32. The molecular weight excluding hydrogens is 252 g/mol. The van der Waals surface area contributed by atoms with E-state index in [2.05, 4.69) is 6.92 Å². The number of sulfone groups is 1. The second-order valence-corrected chi connectivity index (χ2v) is 7.38. The average Bonchev–Trinajstić information content (AvgIpc) is 2.82. The van der Waals surface area contributed by atoms with Crippen LogP contribution < -0.4 is 0 Å². The smallest absolute Gasteiger partial charge is 0.212 e. The third-order valence-corrected chi connectivity index (χ3v) is 5.63. The van der Waals surface area contributed by atoms with Gasteiger partial charge < -0.3 is 4.42 Å². The highest BCUT2D eigenvalue weighted by molar-refractivity contribution is 7.92. The zero-order chi connectivity index (χ0) is 13.2. The third-order valence-electron chi connectivity index (χ3n) is 3.52. The molecule has 0 N–H and O–H groups in total. The third kappa shape index (κ3) is 3.02. The minimum absolute atomic E-state index is 0.127. The Morgan fingerprint density at radius 3 is 2.83 bits per heavy atom. The summed E-state index contributed by atoms with van der Waals surface area (Å²) < 4.78 is 29.3. The molecule has 1 aliphatic rings.